The molecule has 0 bridgehead atoms. The van der Waals surface area contributed by atoms with Crippen molar-refractivity contribution in [1.29, 1.82) is 0 Å². The summed E-state index contributed by atoms with van der Waals surface area (Å²) >= 11 is 6.00. The molecule has 0 spiro atoms. The Labute approximate surface area is 165 Å². The molecule has 0 aromatic heterocycles. The molecular formula is C20H23ClN2O3S. The number of piperidine rings is 1. The van der Waals surface area contributed by atoms with Gasteiger partial charge >= 0.3 is 0 Å². The Balaban J connectivity index is 1.76. The summed E-state index contributed by atoms with van der Waals surface area (Å²) < 4.78 is 27.3. The Hall–Kier alpha value is -1.89. The van der Waals surface area contributed by atoms with Crippen molar-refractivity contribution in [2.24, 2.45) is 0 Å². The number of anilines is 1. The molecule has 0 aliphatic carbocycles. The highest BCUT2D eigenvalue weighted by Crippen LogP contribution is 2.25. The number of nitrogens with one attached hydrogen (secondary N) is 1. The maximum Gasteiger partial charge on any atom is 0.255 e. The molecule has 1 fully saturated rings. The summed E-state index contributed by atoms with van der Waals surface area (Å²) in [5.41, 5.74) is 1.90. The second kappa shape index (κ2) is 8.00. The number of carbonyl (C=O) groups excluding carboxylic acids is 1. The van der Waals surface area contributed by atoms with Gasteiger partial charge in [0.05, 0.1) is 4.90 Å². The Bertz CT molecular complexity index is 942. The van der Waals surface area contributed by atoms with E-state index in [1.54, 1.807) is 34.6 Å². The van der Waals surface area contributed by atoms with Gasteiger partial charge in [0.15, 0.2) is 0 Å². The summed E-state index contributed by atoms with van der Waals surface area (Å²) in [6.07, 6.45) is 2.81. The summed E-state index contributed by atoms with van der Waals surface area (Å²) in [5, 5.41) is 3.43. The van der Waals surface area contributed by atoms with Crippen molar-refractivity contribution >= 4 is 33.2 Å². The van der Waals surface area contributed by atoms with Crippen molar-refractivity contribution in [3.8, 4) is 0 Å². The lowest BCUT2D eigenvalue weighted by Crippen LogP contribution is -2.41. The van der Waals surface area contributed by atoms with E-state index in [2.05, 4.69) is 5.32 Å². The molecule has 2 aromatic carbocycles. The smallest absolute Gasteiger partial charge is 0.255 e. The van der Waals surface area contributed by atoms with E-state index in [1.165, 1.54) is 12.1 Å². The third-order valence-electron chi connectivity index (χ3n) is 4.88. The van der Waals surface area contributed by atoms with Crippen LogP contribution in [0, 0.1) is 6.92 Å². The van der Waals surface area contributed by atoms with Crippen molar-refractivity contribution in [2.75, 3.05) is 11.9 Å². The Morgan fingerprint density at radius 2 is 1.85 bits per heavy atom. The number of benzene rings is 2. The van der Waals surface area contributed by atoms with Crippen LogP contribution in [-0.2, 0) is 10.0 Å². The van der Waals surface area contributed by atoms with Gasteiger partial charge in [0, 0.05) is 28.9 Å². The molecule has 1 heterocycles. The lowest BCUT2D eigenvalue weighted by molar-refractivity contribution is 0.102. The second-order valence-electron chi connectivity index (χ2n) is 6.90. The first kappa shape index (κ1) is 19.9. The minimum atomic E-state index is -3.54. The molecule has 144 valence electrons. The number of hydrogen-bond acceptors (Lipinski definition) is 3. The van der Waals surface area contributed by atoms with E-state index in [4.69, 9.17) is 11.6 Å². The van der Waals surface area contributed by atoms with Gasteiger partial charge in [-0.25, -0.2) is 8.42 Å². The van der Waals surface area contributed by atoms with Gasteiger partial charge in [-0.3, -0.25) is 4.79 Å². The number of sulfonamides is 1. The van der Waals surface area contributed by atoms with Crippen molar-refractivity contribution < 1.29 is 13.2 Å². The topological polar surface area (TPSA) is 66.5 Å². The van der Waals surface area contributed by atoms with Gasteiger partial charge in [-0.15, -0.1) is 0 Å². The summed E-state index contributed by atoms with van der Waals surface area (Å²) in [4.78, 5) is 12.6. The van der Waals surface area contributed by atoms with Crippen LogP contribution in [0.2, 0.25) is 5.02 Å². The SMILES string of the molecule is Cc1cc(NC(=O)c2ccc(S(=O)(=O)N3CCCC[C@H]3C)cc2)ccc1Cl. The standard InChI is InChI=1S/C20H23ClN2O3S/c1-14-13-17(8-11-19(14)21)22-20(24)16-6-9-18(10-7-16)27(25,26)23-12-4-3-5-15(23)2/h6-11,13,15H,3-5,12H2,1-2H3,(H,22,24)/t15-/m1/s1. The highest BCUT2D eigenvalue weighted by Gasteiger charge is 2.30. The highest BCUT2D eigenvalue weighted by atomic mass is 35.5. The van der Waals surface area contributed by atoms with Gasteiger partial charge in [0.1, 0.15) is 0 Å². The number of aryl methyl sites for hydroxylation is 1. The molecule has 2 aromatic rings. The van der Waals surface area contributed by atoms with Crippen molar-refractivity contribution in [3.63, 3.8) is 0 Å². The highest BCUT2D eigenvalue weighted by molar-refractivity contribution is 7.89. The van der Waals surface area contributed by atoms with Crippen LogP contribution >= 0.6 is 11.6 Å². The normalized spacial score (nSPS) is 18.3. The summed E-state index contributed by atoms with van der Waals surface area (Å²) in [6.45, 7) is 4.34. The summed E-state index contributed by atoms with van der Waals surface area (Å²) in [5.74, 6) is -0.299. The lowest BCUT2D eigenvalue weighted by Gasteiger charge is -2.32. The van der Waals surface area contributed by atoms with E-state index >= 15 is 0 Å². The zero-order valence-corrected chi connectivity index (χ0v) is 17.0. The molecule has 0 radical (unpaired) electrons. The van der Waals surface area contributed by atoms with Crippen LogP contribution in [0.1, 0.15) is 42.1 Å². The minimum absolute atomic E-state index is 0.000121. The third-order valence-corrected chi connectivity index (χ3v) is 7.33. The number of rotatable bonds is 4. The average molecular weight is 407 g/mol. The molecular weight excluding hydrogens is 384 g/mol. The van der Waals surface area contributed by atoms with Gasteiger partial charge in [-0.2, -0.15) is 4.31 Å². The number of carbonyl (C=O) groups is 1. The first-order valence-electron chi connectivity index (χ1n) is 8.98. The fourth-order valence-corrected chi connectivity index (χ4v) is 5.09. The maximum absolute atomic E-state index is 12.9. The van der Waals surface area contributed by atoms with Crippen LogP contribution in [0.25, 0.3) is 0 Å². The van der Waals surface area contributed by atoms with Gasteiger partial charge < -0.3 is 5.32 Å². The van der Waals surface area contributed by atoms with Crippen LogP contribution < -0.4 is 5.32 Å². The Morgan fingerprint density at radius 3 is 2.48 bits per heavy atom. The van der Waals surface area contributed by atoms with Crippen LogP contribution in [0.15, 0.2) is 47.4 Å². The second-order valence-corrected chi connectivity index (χ2v) is 9.20. The predicted molar refractivity (Wildman–Crippen MR) is 108 cm³/mol. The molecule has 0 saturated carbocycles. The predicted octanol–water partition coefficient (Wildman–Crippen LogP) is 4.46. The first-order chi connectivity index (χ1) is 12.8. The number of nitrogens with zero attached hydrogens (tertiary/aromatic N) is 1. The van der Waals surface area contributed by atoms with Crippen LogP contribution in [0.4, 0.5) is 5.69 Å². The molecule has 1 aliphatic rings. The van der Waals surface area contributed by atoms with E-state index in [1.807, 2.05) is 13.8 Å². The minimum Gasteiger partial charge on any atom is -0.322 e. The van der Waals surface area contributed by atoms with Gasteiger partial charge in [-0.05, 0) is 74.7 Å². The van der Waals surface area contributed by atoms with E-state index in [0.717, 1.165) is 24.8 Å². The zero-order chi connectivity index (χ0) is 19.6. The molecule has 27 heavy (non-hydrogen) atoms. The van der Waals surface area contributed by atoms with Crippen molar-refractivity contribution in [3.05, 3.63) is 58.6 Å². The number of halogens is 1. The molecule has 7 heteroatoms. The van der Waals surface area contributed by atoms with Gasteiger partial charge in [0.2, 0.25) is 10.0 Å². The van der Waals surface area contributed by atoms with E-state index in [0.29, 0.717) is 22.8 Å². The summed E-state index contributed by atoms with van der Waals surface area (Å²) in [7, 11) is -3.54. The number of amides is 1. The van der Waals surface area contributed by atoms with Gasteiger partial charge in [-0.1, -0.05) is 18.0 Å². The molecule has 3 rings (SSSR count). The zero-order valence-electron chi connectivity index (χ0n) is 15.4. The van der Waals surface area contributed by atoms with E-state index in [-0.39, 0.29) is 16.8 Å². The molecule has 0 unspecified atom stereocenters. The average Bonchev–Trinajstić information content (AvgIpc) is 2.65. The van der Waals surface area contributed by atoms with E-state index < -0.39 is 10.0 Å². The fourth-order valence-electron chi connectivity index (χ4n) is 3.27. The molecule has 1 N–H and O–H groups in total. The first-order valence-corrected chi connectivity index (χ1v) is 10.8. The largest absolute Gasteiger partial charge is 0.322 e. The van der Waals surface area contributed by atoms with Crippen LogP contribution in [0.3, 0.4) is 0 Å². The lowest BCUT2D eigenvalue weighted by atomic mass is 10.1. The Morgan fingerprint density at radius 1 is 1.15 bits per heavy atom. The van der Waals surface area contributed by atoms with Crippen LogP contribution in [0.5, 0.6) is 0 Å². The van der Waals surface area contributed by atoms with Gasteiger partial charge in [0.25, 0.3) is 5.91 Å². The monoisotopic (exact) mass is 406 g/mol. The quantitative estimate of drug-likeness (QED) is 0.814. The maximum atomic E-state index is 12.9. The molecule has 1 amide bonds. The summed E-state index contributed by atoms with van der Waals surface area (Å²) in [6, 6.07) is 11.3. The fraction of sp³-hybridized carbons (Fsp3) is 0.350. The van der Waals surface area contributed by atoms with E-state index in [9.17, 15) is 13.2 Å². The Kier molecular flexibility index (Phi) is 5.89. The molecule has 1 saturated heterocycles. The van der Waals surface area contributed by atoms with Crippen molar-refractivity contribution in [1.82, 2.24) is 4.31 Å². The van der Waals surface area contributed by atoms with Crippen molar-refractivity contribution in [2.45, 2.75) is 44.0 Å². The molecule has 5 nitrogen and oxygen atoms in total. The van der Waals surface area contributed by atoms with Crippen LogP contribution in [-0.4, -0.2) is 31.2 Å². The molecule has 1 atom stereocenters. The third kappa shape index (κ3) is 4.34. The molecule has 1 aliphatic heterocycles. The number of hydrogen-bond donors (Lipinski definition) is 1.